The van der Waals surface area contributed by atoms with Gasteiger partial charge in [0.25, 0.3) is 0 Å². The van der Waals surface area contributed by atoms with Gasteiger partial charge in [0, 0.05) is 32.3 Å². The summed E-state index contributed by atoms with van der Waals surface area (Å²) in [6.07, 6.45) is 4.13. The molecule has 5 nitrogen and oxygen atoms in total. The molecule has 0 bridgehead atoms. The van der Waals surface area contributed by atoms with E-state index in [1.807, 2.05) is 0 Å². The smallest absolute Gasteiger partial charge is 0.314 e. The van der Waals surface area contributed by atoms with Crippen LogP contribution in [0.4, 0.5) is 4.79 Å². The third-order valence-electron chi connectivity index (χ3n) is 3.05. The number of nitrogens with one attached hydrogen (secondary N) is 1. The zero-order chi connectivity index (χ0) is 12.5. The summed E-state index contributed by atoms with van der Waals surface area (Å²) >= 11 is 0. The van der Waals surface area contributed by atoms with Gasteiger partial charge in [0.05, 0.1) is 0 Å². The maximum absolute atomic E-state index is 10.9. The molecule has 0 aromatic rings. The second kappa shape index (κ2) is 8.31. The van der Waals surface area contributed by atoms with Crippen LogP contribution in [0.3, 0.4) is 0 Å². The molecule has 0 spiro atoms. The topological polar surface area (TPSA) is 67.6 Å². The van der Waals surface area contributed by atoms with Crippen molar-refractivity contribution >= 4 is 6.03 Å². The lowest BCUT2D eigenvalue weighted by atomic mass is 10.1. The van der Waals surface area contributed by atoms with E-state index >= 15 is 0 Å². The highest BCUT2D eigenvalue weighted by Gasteiger charge is 2.20. The second-order valence-electron chi connectivity index (χ2n) is 4.52. The molecule has 0 aromatic heterocycles. The van der Waals surface area contributed by atoms with Crippen molar-refractivity contribution in [2.45, 2.75) is 38.6 Å². The predicted molar refractivity (Wildman–Crippen MR) is 67.9 cm³/mol. The third-order valence-corrected chi connectivity index (χ3v) is 3.05. The molecular weight excluding hydrogens is 218 g/mol. The number of piperidine rings is 1. The first-order valence-corrected chi connectivity index (χ1v) is 6.59. The van der Waals surface area contributed by atoms with Gasteiger partial charge in [-0.15, -0.1) is 0 Å². The number of amides is 2. The number of hydrogen-bond acceptors (Lipinski definition) is 3. The number of nitrogens with zero attached hydrogens (tertiary/aromatic N) is 1. The molecule has 1 rings (SSSR count). The number of nitrogens with two attached hydrogens (primary N) is 1. The number of rotatable bonds is 7. The van der Waals surface area contributed by atoms with Crippen molar-refractivity contribution < 1.29 is 9.53 Å². The first kappa shape index (κ1) is 14.3. The van der Waals surface area contributed by atoms with E-state index in [-0.39, 0.29) is 6.03 Å². The van der Waals surface area contributed by atoms with Gasteiger partial charge in [-0.25, -0.2) is 4.79 Å². The highest BCUT2D eigenvalue weighted by atomic mass is 16.5. The molecule has 5 heteroatoms. The standard InChI is InChI=1S/C12H25N3O2/c1-2-9-17-10-3-6-14-11-4-7-15(8-5-11)12(13)16/h11,14H,2-10H2,1H3,(H2,13,16). The summed E-state index contributed by atoms with van der Waals surface area (Å²) in [4.78, 5) is 12.6. The molecule has 1 aliphatic rings. The van der Waals surface area contributed by atoms with Crippen LogP contribution in [0, 0.1) is 0 Å². The molecule has 0 radical (unpaired) electrons. The Kier molecular flexibility index (Phi) is 6.96. The molecule has 0 aromatic carbocycles. The lowest BCUT2D eigenvalue weighted by Gasteiger charge is -2.31. The van der Waals surface area contributed by atoms with Crippen LogP contribution in [-0.4, -0.2) is 49.8 Å². The van der Waals surface area contributed by atoms with Crippen molar-refractivity contribution in [3.8, 4) is 0 Å². The molecule has 0 atom stereocenters. The average molecular weight is 243 g/mol. The number of urea groups is 1. The molecule has 1 saturated heterocycles. The van der Waals surface area contributed by atoms with E-state index in [1.165, 1.54) is 0 Å². The fourth-order valence-electron chi connectivity index (χ4n) is 2.03. The summed E-state index contributed by atoms with van der Waals surface area (Å²) in [6, 6.07) is 0.230. The van der Waals surface area contributed by atoms with Gasteiger partial charge in [0.1, 0.15) is 0 Å². The fourth-order valence-corrected chi connectivity index (χ4v) is 2.03. The molecule has 100 valence electrons. The van der Waals surface area contributed by atoms with Gasteiger partial charge in [-0.2, -0.15) is 0 Å². The minimum absolute atomic E-state index is 0.295. The van der Waals surface area contributed by atoms with Crippen LogP contribution < -0.4 is 11.1 Å². The lowest BCUT2D eigenvalue weighted by Crippen LogP contribution is -2.47. The number of ether oxygens (including phenoxy) is 1. The van der Waals surface area contributed by atoms with Crippen LogP contribution in [0.2, 0.25) is 0 Å². The fraction of sp³-hybridized carbons (Fsp3) is 0.917. The van der Waals surface area contributed by atoms with E-state index in [0.717, 1.165) is 58.5 Å². The van der Waals surface area contributed by atoms with Crippen LogP contribution in [0.15, 0.2) is 0 Å². The summed E-state index contributed by atoms with van der Waals surface area (Å²) < 4.78 is 5.41. The molecular formula is C12H25N3O2. The minimum atomic E-state index is -0.295. The van der Waals surface area contributed by atoms with Crippen molar-refractivity contribution in [2.75, 3.05) is 32.8 Å². The van der Waals surface area contributed by atoms with Crippen LogP contribution in [0.25, 0.3) is 0 Å². The third kappa shape index (κ3) is 5.89. The Morgan fingerprint density at radius 3 is 2.71 bits per heavy atom. The molecule has 1 heterocycles. The molecule has 1 fully saturated rings. The Morgan fingerprint density at radius 2 is 2.12 bits per heavy atom. The second-order valence-corrected chi connectivity index (χ2v) is 4.52. The van der Waals surface area contributed by atoms with Crippen LogP contribution in [0.5, 0.6) is 0 Å². The lowest BCUT2D eigenvalue weighted by molar-refractivity contribution is 0.130. The van der Waals surface area contributed by atoms with Crippen molar-refractivity contribution in [3.05, 3.63) is 0 Å². The van der Waals surface area contributed by atoms with Crippen LogP contribution in [0.1, 0.15) is 32.6 Å². The van der Waals surface area contributed by atoms with Gasteiger partial charge in [0.15, 0.2) is 0 Å². The van der Waals surface area contributed by atoms with E-state index in [2.05, 4.69) is 12.2 Å². The largest absolute Gasteiger partial charge is 0.381 e. The van der Waals surface area contributed by atoms with Crippen LogP contribution in [-0.2, 0) is 4.74 Å². The zero-order valence-corrected chi connectivity index (χ0v) is 10.8. The molecule has 3 N–H and O–H groups in total. The Hall–Kier alpha value is -0.810. The summed E-state index contributed by atoms with van der Waals surface area (Å²) in [5.41, 5.74) is 5.23. The summed E-state index contributed by atoms with van der Waals surface area (Å²) in [5, 5.41) is 3.50. The van der Waals surface area contributed by atoms with E-state index < -0.39 is 0 Å². The maximum Gasteiger partial charge on any atom is 0.314 e. The summed E-state index contributed by atoms with van der Waals surface area (Å²) in [5.74, 6) is 0. The number of primary amides is 1. The van der Waals surface area contributed by atoms with Gasteiger partial charge in [-0.3, -0.25) is 0 Å². The Morgan fingerprint density at radius 1 is 1.41 bits per heavy atom. The Balaban J connectivity index is 1.97. The highest BCUT2D eigenvalue weighted by molar-refractivity contribution is 5.72. The van der Waals surface area contributed by atoms with Crippen molar-refractivity contribution in [2.24, 2.45) is 5.73 Å². The van der Waals surface area contributed by atoms with Gasteiger partial charge in [-0.05, 0) is 32.2 Å². The number of carbonyl (C=O) groups excluding carboxylic acids is 1. The van der Waals surface area contributed by atoms with E-state index in [0.29, 0.717) is 6.04 Å². The van der Waals surface area contributed by atoms with Crippen LogP contribution >= 0.6 is 0 Å². The maximum atomic E-state index is 10.9. The van der Waals surface area contributed by atoms with E-state index in [1.54, 1.807) is 4.90 Å². The van der Waals surface area contributed by atoms with Gasteiger partial charge >= 0.3 is 6.03 Å². The zero-order valence-electron chi connectivity index (χ0n) is 10.8. The first-order valence-electron chi connectivity index (χ1n) is 6.59. The predicted octanol–water partition coefficient (Wildman–Crippen LogP) is 0.936. The summed E-state index contributed by atoms with van der Waals surface area (Å²) in [6.45, 7) is 6.35. The SMILES string of the molecule is CCCOCCCNC1CCN(C(N)=O)CC1. The van der Waals surface area contributed by atoms with Gasteiger partial charge < -0.3 is 20.7 Å². The molecule has 17 heavy (non-hydrogen) atoms. The number of likely N-dealkylation sites (tertiary alicyclic amines) is 1. The summed E-state index contributed by atoms with van der Waals surface area (Å²) in [7, 11) is 0. The van der Waals surface area contributed by atoms with E-state index in [4.69, 9.17) is 10.5 Å². The first-order chi connectivity index (χ1) is 8.24. The molecule has 2 amide bonds. The van der Waals surface area contributed by atoms with E-state index in [9.17, 15) is 4.79 Å². The monoisotopic (exact) mass is 243 g/mol. The van der Waals surface area contributed by atoms with Gasteiger partial charge in [0.2, 0.25) is 0 Å². The minimum Gasteiger partial charge on any atom is -0.381 e. The highest BCUT2D eigenvalue weighted by Crippen LogP contribution is 2.09. The molecule has 0 saturated carbocycles. The van der Waals surface area contributed by atoms with Crippen molar-refractivity contribution in [3.63, 3.8) is 0 Å². The quantitative estimate of drug-likeness (QED) is 0.654. The molecule has 1 aliphatic heterocycles. The number of hydrogen-bond donors (Lipinski definition) is 2. The number of carbonyl (C=O) groups is 1. The average Bonchev–Trinajstić information content (AvgIpc) is 2.34. The Labute approximate surface area is 104 Å². The molecule has 0 unspecified atom stereocenters. The van der Waals surface area contributed by atoms with Crippen molar-refractivity contribution in [1.29, 1.82) is 0 Å². The Bertz CT molecular complexity index is 216. The van der Waals surface area contributed by atoms with Gasteiger partial charge in [-0.1, -0.05) is 6.92 Å². The van der Waals surface area contributed by atoms with Crippen molar-refractivity contribution in [1.82, 2.24) is 10.2 Å². The normalized spacial score (nSPS) is 17.4. The molecule has 0 aliphatic carbocycles.